The van der Waals surface area contributed by atoms with Crippen molar-refractivity contribution in [1.82, 2.24) is 34.6 Å². The first-order valence-corrected chi connectivity index (χ1v) is 26.7. The van der Waals surface area contributed by atoms with Crippen molar-refractivity contribution < 1.29 is 68.7 Å². The largest absolute Gasteiger partial charge is 0.534 e. The summed E-state index contributed by atoms with van der Waals surface area (Å²) < 4.78 is 85.4. The number of carbonyl (C=O) groups is 5. The number of aromatic nitrogens is 4. The molecule has 1 fully saturated rings. The molecule has 3 amide bonds. The van der Waals surface area contributed by atoms with Crippen molar-refractivity contribution in [2.45, 2.75) is 134 Å². The average Bonchev–Trinajstić information content (AvgIpc) is 3.24. The third-order valence-electron chi connectivity index (χ3n) is 9.08. The van der Waals surface area contributed by atoms with Crippen molar-refractivity contribution in [3.8, 4) is 5.88 Å². The Morgan fingerprint density at radius 3 is 1.59 bits per heavy atom. The molecule has 5 heterocycles. The number of H-pyrrole nitrogens is 1. The van der Waals surface area contributed by atoms with E-state index in [1.165, 1.54) is 33.3 Å². The van der Waals surface area contributed by atoms with Gasteiger partial charge in [-0.15, -0.1) is 0 Å². The SMILES string of the molecule is CCOC(=O)C1CCN(C(=O)OC(C)(C)C)CC1=O.CSC(=N)N.CSc1nc2c(c(=O)[nH]1)CCN(C(=O)OC(C)(C)C)C2.CSc1nc2c(c(OS(=O)(=O)C(F)(F)F)n1)CCN(C(=O)OC(C)(C)C)C2. The molecule has 0 saturated carbocycles. The number of carbonyl (C=O) groups excluding carboxylic acids is 5. The van der Waals surface area contributed by atoms with Crippen molar-refractivity contribution in [2.24, 2.45) is 11.7 Å². The third-order valence-corrected chi connectivity index (χ3v) is 11.6. The molecule has 0 bridgehead atoms. The van der Waals surface area contributed by atoms with Crippen LogP contribution in [0.2, 0.25) is 0 Å². The number of amides is 3. The number of thioether (sulfide) groups is 3. The summed E-state index contributed by atoms with van der Waals surface area (Å²) in [7, 11) is -5.87. The lowest BCUT2D eigenvalue weighted by Crippen LogP contribution is -2.48. The van der Waals surface area contributed by atoms with Gasteiger partial charge in [0.2, 0.25) is 5.88 Å². The average molecular weight is 1090 g/mol. The smallest absolute Gasteiger partial charge is 0.465 e. The van der Waals surface area contributed by atoms with Gasteiger partial charge in [0.25, 0.3) is 5.56 Å². The first kappa shape index (κ1) is 62.1. The lowest BCUT2D eigenvalue weighted by Gasteiger charge is -2.31. The van der Waals surface area contributed by atoms with E-state index in [0.717, 1.165) is 11.8 Å². The zero-order valence-corrected chi connectivity index (χ0v) is 45.2. The number of aromatic amines is 1. The molecule has 1 saturated heterocycles. The maximum atomic E-state index is 12.6. The van der Waals surface area contributed by atoms with Crippen LogP contribution in [0.1, 0.15) is 98.2 Å². The summed E-state index contributed by atoms with van der Waals surface area (Å²) in [5.41, 5.74) is -1.05. The van der Waals surface area contributed by atoms with Gasteiger partial charge in [-0.1, -0.05) is 35.3 Å². The minimum Gasteiger partial charge on any atom is -0.465 e. The normalized spacial score (nSPS) is 15.9. The molecule has 0 spiro atoms. The number of alkyl halides is 3. The molecular formula is C42H64F3N9O13S4. The Bertz CT molecular complexity index is 2410. The van der Waals surface area contributed by atoms with Gasteiger partial charge in [-0.2, -0.15) is 26.6 Å². The highest BCUT2D eigenvalue weighted by Crippen LogP contribution is 2.33. The number of nitrogens with two attached hydrogens (primary N) is 1. The van der Waals surface area contributed by atoms with Gasteiger partial charge in [0.1, 0.15) is 22.7 Å². The first-order chi connectivity index (χ1) is 32.5. The van der Waals surface area contributed by atoms with Gasteiger partial charge in [0, 0.05) is 30.8 Å². The summed E-state index contributed by atoms with van der Waals surface area (Å²) in [5.74, 6) is -2.23. The van der Waals surface area contributed by atoms with E-state index in [1.807, 2.05) is 27.0 Å². The molecule has 0 aliphatic carbocycles. The van der Waals surface area contributed by atoms with Gasteiger partial charge in [-0.05, 0) is 107 Å². The number of amidine groups is 1. The van der Waals surface area contributed by atoms with E-state index in [2.05, 4.69) is 24.1 Å². The standard InChI is InChI=1S/C14H18F3N3O5S2.C13H19N3O3S.C13H21NO5.C2H6N2S/c1-13(2,3)24-12(21)20-6-5-8-9(7-20)18-11(26-4)19-10(8)25-27(22,23)14(15,16)17;1-13(2,3)19-12(18)16-6-5-8-9(7-16)14-11(20-4)15-10(8)17;1-5-18-11(16)9-6-7-14(8-10(9)15)12(17)19-13(2,3)4;1-5-2(3)4/h5-7H2,1-4H3;5-7H2,1-4H3,(H,14,15,17);9H,5-8H2,1-4H3;1H3,(H3,3,4). The maximum absolute atomic E-state index is 12.6. The number of Topliss-reactive ketones (excluding diaryl/α,β-unsaturated/α-hetero) is 1. The van der Waals surface area contributed by atoms with Gasteiger partial charge in [0.15, 0.2) is 21.3 Å². The number of rotatable bonds is 6. The van der Waals surface area contributed by atoms with Crippen LogP contribution in [0.4, 0.5) is 27.6 Å². The number of hydrogen-bond donors (Lipinski definition) is 3. The fourth-order valence-corrected chi connectivity index (χ4v) is 7.17. The Morgan fingerprint density at radius 2 is 1.20 bits per heavy atom. The molecule has 2 aromatic rings. The first-order valence-electron chi connectivity index (χ1n) is 21.7. The predicted molar refractivity (Wildman–Crippen MR) is 260 cm³/mol. The van der Waals surface area contributed by atoms with E-state index in [-0.39, 0.29) is 78.1 Å². The molecule has 5 rings (SSSR count). The molecule has 0 radical (unpaired) electrons. The molecule has 3 aliphatic rings. The molecule has 4 N–H and O–H groups in total. The van der Waals surface area contributed by atoms with Crippen molar-refractivity contribution in [1.29, 1.82) is 5.41 Å². The second-order valence-electron chi connectivity index (χ2n) is 18.3. The third kappa shape index (κ3) is 20.5. The summed E-state index contributed by atoms with van der Waals surface area (Å²) in [5, 5.41) is 7.24. The molecule has 2 aromatic heterocycles. The number of ketones is 1. The van der Waals surface area contributed by atoms with E-state index in [4.69, 9.17) is 30.1 Å². The molecule has 3 aliphatic heterocycles. The van der Waals surface area contributed by atoms with E-state index >= 15 is 0 Å². The van der Waals surface area contributed by atoms with Crippen molar-refractivity contribution >= 4 is 80.6 Å². The highest BCUT2D eigenvalue weighted by atomic mass is 32.2. The van der Waals surface area contributed by atoms with Crippen LogP contribution in [0.25, 0.3) is 0 Å². The predicted octanol–water partition coefficient (Wildman–Crippen LogP) is 6.12. The summed E-state index contributed by atoms with van der Waals surface area (Å²) >= 11 is 3.61. The Morgan fingerprint density at radius 1 is 0.746 bits per heavy atom. The van der Waals surface area contributed by atoms with Crippen molar-refractivity contribution in [3.63, 3.8) is 0 Å². The quantitative estimate of drug-likeness (QED) is 0.0338. The van der Waals surface area contributed by atoms with Crippen LogP contribution < -0.4 is 15.5 Å². The van der Waals surface area contributed by atoms with Gasteiger partial charge in [-0.3, -0.25) is 19.8 Å². The van der Waals surface area contributed by atoms with E-state index in [9.17, 15) is 50.4 Å². The summed E-state index contributed by atoms with van der Waals surface area (Å²) in [4.78, 5) is 90.6. The number of halogens is 3. The topological polar surface area (TPSA) is 297 Å². The number of piperidine rings is 1. The number of nitrogens with one attached hydrogen (secondary N) is 2. The van der Waals surface area contributed by atoms with Crippen LogP contribution in [0.3, 0.4) is 0 Å². The second kappa shape index (κ2) is 26.1. The van der Waals surface area contributed by atoms with Gasteiger partial charge < -0.3 is 48.5 Å². The molecule has 29 heteroatoms. The van der Waals surface area contributed by atoms with E-state index < -0.39 is 62.4 Å². The van der Waals surface area contributed by atoms with Gasteiger partial charge in [0.05, 0.1) is 37.6 Å². The second-order valence-corrected chi connectivity index (χ2v) is 22.2. The molecule has 71 heavy (non-hydrogen) atoms. The van der Waals surface area contributed by atoms with Crippen LogP contribution in [0.5, 0.6) is 5.88 Å². The van der Waals surface area contributed by atoms with E-state index in [0.29, 0.717) is 42.5 Å². The Balaban J connectivity index is 0.000000354. The fraction of sp³-hybridized carbons (Fsp3) is 0.667. The summed E-state index contributed by atoms with van der Waals surface area (Å²) in [6, 6.07) is 0. The molecule has 400 valence electrons. The molecule has 1 unspecified atom stereocenters. The number of ether oxygens (including phenoxy) is 4. The van der Waals surface area contributed by atoms with Crippen LogP contribution in [0.15, 0.2) is 15.1 Å². The molecule has 1 atom stereocenters. The molecular weight excluding hydrogens is 1020 g/mol. The highest BCUT2D eigenvalue weighted by Gasteiger charge is 2.49. The number of nitrogens with zero attached hydrogens (tertiary/aromatic N) is 6. The lowest BCUT2D eigenvalue weighted by molar-refractivity contribution is -0.153. The van der Waals surface area contributed by atoms with Crippen molar-refractivity contribution in [2.75, 3.05) is 51.6 Å². The number of esters is 1. The Hall–Kier alpha value is -5.03. The van der Waals surface area contributed by atoms with Crippen molar-refractivity contribution in [3.05, 3.63) is 32.9 Å². The minimum atomic E-state index is -5.87. The number of fused-ring (bicyclic) bond motifs is 2. The van der Waals surface area contributed by atoms with E-state index in [1.54, 1.807) is 65.9 Å². The highest BCUT2D eigenvalue weighted by molar-refractivity contribution is 8.13. The Kier molecular flexibility index (Phi) is 22.8. The van der Waals surface area contributed by atoms with Gasteiger partial charge >= 0.3 is 39.9 Å². The fourth-order valence-electron chi connectivity index (χ4n) is 5.96. The van der Waals surface area contributed by atoms with Crippen LogP contribution in [-0.4, -0.2) is 152 Å². The zero-order chi connectivity index (χ0) is 54.4. The number of likely N-dealkylation sites (tertiary alicyclic amines) is 1. The van der Waals surface area contributed by atoms with Gasteiger partial charge in [-0.25, -0.2) is 24.4 Å². The number of hydrogen-bond acceptors (Lipinski definition) is 20. The maximum Gasteiger partial charge on any atom is 0.534 e. The summed E-state index contributed by atoms with van der Waals surface area (Å²) in [6.45, 7) is 18.9. The lowest BCUT2D eigenvalue weighted by atomic mass is 9.96. The monoisotopic (exact) mass is 1090 g/mol. The molecule has 22 nitrogen and oxygen atoms in total. The minimum absolute atomic E-state index is 0.0198. The Labute approximate surface area is 423 Å². The van der Waals surface area contributed by atoms with Crippen LogP contribution >= 0.6 is 35.3 Å². The zero-order valence-electron chi connectivity index (χ0n) is 42.0. The van der Waals surface area contributed by atoms with Crippen LogP contribution in [-0.2, 0) is 64.6 Å². The molecule has 0 aromatic carbocycles. The van der Waals surface area contributed by atoms with Crippen LogP contribution in [0, 0.1) is 11.3 Å². The summed E-state index contributed by atoms with van der Waals surface area (Å²) in [6.07, 6.45) is 4.50.